The minimum Gasteiger partial charge on any atom is -0.492 e. The molecule has 9 nitrogen and oxygen atoms in total. The summed E-state index contributed by atoms with van der Waals surface area (Å²) in [6.45, 7) is 4.23. The van der Waals surface area contributed by atoms with Gasteiger partial charge in [-0.05, 0) is 46.2 Å². The van der Waals surface area contributed by atoms with Gasteiger partial charge in [0.25, 0.3) is 0 Å². The molecule has 0 aromatic heterocycles. The van der Waals surface area contributed by atoms with E-state index in [1.54, 1.807) is 0 Å². The molecule has 1 aliphatic rings. The molecule has 9 N–H and O–H groups in total. The highest BCUT2D eigenvalue weighted by atomic mass is 127. The maximum Gasteiger partial charge on any atom is 0.212 e. The van der Waals surface area contributed by atoms with E-state index < -0.39 is 35.6 Å². The number of aliphatic hydroxyl groups excluding tert-OH is 4. The van der Waals surface area contributed by atoms with E-state index in [0.29, 0.717) is 36.6 Å². The van der Waals surface area contributed by atoms with Crippen LogP contribution in [0.4, 0.5) is 0 Å². The number of ether oxygens (including phenoxy) is 2. The van der Waals surface area contributed by atoms with Crippen LogP contribution < -0.4 is 16.2 Å². The number of nitrogens with one attached hydrogen (secondary N) is 1. The van der Waals surface area contributed by atoms with Gasteiger partial charge in [0, 0.05) is 27.8 Å². The van der Waals surface area contributed by atoms with Crippen molar-refractivity contribution in [3.05, 3.63) is 38.6 Å². The molecule has 0 bridgehead atoms. The zero-order valence-corrected chi connectivity index (χ0v) is 21.0. The van der Waals surface area contributed by atoms with E-state index in [0.717, 1.165) is 20.9 Å². The number of hydrogen-bond acceptors (Lipinski definition) is 10. The normalized spacial score (nSPS) is 26.6. The molecule has 1 aromatic carbocycles. The minimum absolute atomic E-state index is 0.0553. The van der Waals surface area contributed by atoms with Gasteiger partial charge in [0.05, 0.1) is 18.0 Å². The Labute approximate surface area is 205 Å². The fraction of sp³-hybridized carbons (Fsp3) is 0.571. The second kappa shape index (κ2) is 12.4. The smallest absolute Gasteiger partial charge is 0.212 e. The summed E-state index contributed by atoms with van der Waals surface area (Å²) in [4.78, 5) is 0. The Balaban J connectivity index is 2.25. The van der Waals surface area contributed by atoms with Crippen molar-refractivity contribution >= 4 is 40.3 Å². The Morgan fingerprint density at radius 2 is 1.91 bits per heavy atom. The zero-order valence-electron chi connectivity index (χ0n) is 18.1. The van der Waals surface area contributed by atoms with Gasteiger partial charge in [0.15, 0.2) is 5.44 Å². The van der Waals surface area contributed by atoms with Gasteiger partial charge >= 0.3 is 0 Å². The third-order valence-corrected chi connectivity index (χ3v) is 7.53. The summed E-state index contributed by atoms with van der Waals surface area (Å²) in [6, 6.07) is 5.59. The van der Waals surface area contributed by atoms with Crippen LogP contribution in [0.2, 0.25) is 0 Å². The summed E-state index contributed by atoms with van der Waals surface area (Å²) in [5.74, 6) is 0.411. The van der Waals surface area contributed by atoms with E-state index in [2.05, 4.69) is 22.6 Å². The maximum absolute atomic E-state index is 10.3. The summed E-state index contributed by atoms with van der Waals surface area (Å²) < 4.78 is 12.2. The summed E-state index contributed by atoms with van der Waals surface area (Å²) in [7, 11) is 0. The molecule has 1 aromatic rings. The minimum atomic E-state index is -1.50. The fourth-order valence-corrected chi connectivity index (χ4v) is 5.05. The van der Waals surface area contributed by atoms with Crippen molar-refractivity contribution in [2.24, 2.45) is 17.4 Å². The number of nitrogens with two attached hydrogens (primary N) is 2. The summed E-state index contributed by atoms with van der Waals surface area (Å²) in [6.07, 6.45) is -3.91. The molecule has 32 heavy (non-hydrogen) atoms. The van der Waals surface area contributed by atoms with E-state index in [9.17, 15) is 20.4 Å². The molecule has 11 heteroatoms. The number of aliphatic hydroxyl groups is 4. The highest BCUT2D eigenvalue weighted by Crippen LogP contribution is 2.34. The highest BCUT2D eigenvalue weighted by molar-refractivity contribution is 14.1. The number of benzene rings is 1. The number of halogens is 1. The van der Waals surface area contributed by atoms with Gasteiger partial charge < -0.3 is 41.4 Å². The lowest BCUT2D eigenvalue weighted by Crippen LogP contribution is -2.55. The Bertz CT molecular complexity index is 823. The third-order valence-electron chi connectivity index (χ3n) is 5.11. The Morgan fingerprint density at radius 1 is 1.22 bits per heavy atom. The van der Waals surface area contributed by atoms with E-state index >= 15 is 0 Å². The number of thioether (sulfide) groups is 1. The van der Waals surface area contributed by atoms with Gasteiger partial charge in [0.2, 0.25) is 5.90 Å². The Kier molecular flexibility index (Phi) is 10.5. The number of allylic oxidation sites excluding steroid dienone is 1. The van der Waals surface area contributed by atoms with Crippen molar-refractivity contribution in [2.75, 3.05) is 19.8 Å². The first-order valence-corrected chi connectivity index (χ1v) is 12.3. The molecule has 1 aliphatic heterocycles. The van der Waals surface area contributed by atoms with Gasteiger partial charge in [0.1, 0.15) is 24.6 Å². The molecule has 1 fully saturated rings. The average Bonchev–Trinajstić information content (AvgIpc) is 2.76. The van der Waals surface area contributed by atoms with Crippen LogP contribution in [-0.2, 0) is 11.2 Å². The van der Waals surface area contributed by atoms with Crippen molar-refractivity contribution in [3.63, 3.8) is 0 Å². The summed E-state index contributed by atoms with van der Waals surface area (Å²) in [5, 5.41) is 47.7. The Hall–Kier alpha value is -1.09. The largest absolute Gasteiger partial charge is 0.492 e. The molecule has 1 saturated heterocycles. The van der Waals surface area contributed by atoms with Crippen LogP contribution in [0.5, 0.6) is 5.75 Å². The zero-order chi connectivity index (χ0) is 24.0. The van der Waals surface area contributed by atoms with E-state index in [1.807, 2.05) is 32.0 Å². The fourth-order valence-electron chi connectivity index (χ4n) is 3.14. The lowest BCUT2D eigenvalue weighted by molar-refractivity contribution is -0.0929. The van der Waals surface area contributed by atoms with Crippen molar-refractivity contribution in [1.29, 1.82) is 5.41 Å². The molecule has 0 amide bonds. The summed E-state index contributed by atoms with van der Waals surface area (Å²) >= 11 is 3.16. The van der Waals surface area contributed by atoms with Crippen LogP contribution in [0.3, 0.4) is 0 Å². The predicted octanol–water partition coefficient (Wildman–Crippen LogP) is 0.550. The summed E-state index contributed by atoms with van der Waals surface area (Å²) in [5.41, 5.74) is 12.6. The van der Waals surface area contributed by atoms with Crippen LogP contribution in [-0.4, -0.2) is 75.1 Å². The van der Waals surface area contributed by atoms with Crippen LogP contribution >= 0.6 is 34.4 Å². The lowest BCUT2D eigenvalue weighted by Gasteiger charge is -2.39. The SMILES string of the molecule is CC(C)C(N)=C(Cc1ccc(OCCN)cc1I)C(=N)O[C@@H]1S[C@H](CO)[C@@H](O)[C@H](O)[C@H]1O. The Morgan fingerprint density at radius 3 is 2.47 bits per heavy atom. The van der Waals surface area contributed by atoms with E-state index in [1.165, 1.54) is 0 Å². The van der Waals surface area contributed by atoms with Crippen molar-refractivity contribution < 1.29 is 29.9 Å². The molecule has 0 radical (unpaired) electrons. The highest BCUT2D eigenvalue weighted by Gasteiger charge is 2.44. The third kappa shape index (κ3) is 6.72. The topological polar surface area (TPSA) is 175 Å². The van der Waals surface area contributed by atoms with Gasteiger partial charge in [-0.25, -0.2) is 0 Å². The number of rotatable bonds is 9. The number of hydrogen-bond donors (Lipinski definition) is 7. The van der Waals surface area contributed by atoms with Gasteiger partial charge in [-0.15, -0.1) is 11.8 Å². The quantitative estimate of drug-likeness (QED) is 0.125. The monoisotopic (exact) mass is 581 g/mol. The second-order valence-electron chi connectivity index (χ2n) is 7.80. The molecule has 180 valence electrons. The first kappa shape index (κ1) is 27.2. The van der Waals surface area contributed by atoms with Gasteiger partial charge in [-0.3, -0.25) is 5.41 Å². The van der Waals surface area contributed by atoms with E-state index in [-0.39, 0.29) is 11.8 Å². The predicted molar refractivity (Wildman–Crippen MR) is 133 cm³/mol. The molecule has 5 atom stereocenters. The average molecular weight is 581 g/mol. The standard InChI is InChI=1S/C21H32IN3O6S/c1-10(2)16(24)13(7-11-3-4-12(8-14(11)22)30-6-5-23)20(25)31-21-19(29)18(28)17(27)15(9-26)32-21/h3-4,8,10,15,17-19,21,25-29H,5-7,9,23-24H2,1-2H3/t15-,17-,18+,19-,21-/m1/s1. The van der Waals surface area contributed by atoms with Gasteiger partial charge in [-0.1, -0.05) is 19.9 Å². The van der Waals surface area contributed by atoms with Crippen molar-refractivity contribution in [2.45, 2.75) is 49.3 Å². The lowest BCUT2D eigenvalue weighted by atomic mass is 9.98. The molecule has 2 rings (SSSR count). The van der Waals surface area contributed by atoms with Crippen LogP contribution in [0.1, 0.15) is 19.4 Å². The van der Waals surface area contributed by atoms with Crippen molar-refractivity contribution in [1.82, 2.24) is 0 Å². The molecule has 1 heterocycles. The molecular weight excluding hydrogens is 549 g/mol. The second-order valence-corrected chi connectivity index (χ2v) is 10.3. The van der Waals surface area contributed by atoms with Crippen molar-refractivity contribution in [3.8, 4) is 5.75 Å². The van der Waals surface area contributed by atoms with Gasteiger partial charge in [-0.2, -0.15) is 0 Å². The first-order chi connectivity index (χ1) is 15.1. The first-order valence-electron chi connectivity index (χ1n) is 10.3. The van der Waals surface area contributed by atoms with Crippen LogP contribution in [0.15, 0.2) is 29.5 Å². The van der Waals surface area contributed by atoms with E-state index in [4.69, 9.17) is 26.4 Å². The molecule has 0 spiro atoms. The van der Waals surface area contributed by atoms with Crippen LogP contribution in [0.25, 0.3) is 0 Å². The molecule has 0 aliphatic carbocycles. The molecular formula is C21H32IN3O6S. The molecule has 0 unspecified atom stereocenters. The maximum atomic E-state index is 10.3. The van der Waals surface area contributed by atoms with Crippen LogP contribution in [0, 0.1) is 14.9 Å². The molecule has 0 saturated carbocycles.